The number of thiocarbonyl (C=S) groups is 1. The molecule has 1 amide bonds. The third kappa shape index (κ3) is 6.27. The Kier molecular flexibility index (Phi) is 8.00. The molecule has 0 aromatic heterocycles. The van der Waals surface area contributed by atoms with Gasteiger partial charge in [0.05, 0.1) is 25.2 Å². The van der Waals surface area contributed by atoms with E-state index >= 15 is 0 Å². The minimum atomic E-state index is -0.484. The monoisotopic (exact) mass is 455 g/mol. The highest BCUT2D eigenvalue weighted by Gasteiger charge is 2.31. The van der Waals surface area contributed by atoms with Crippen LogP contribution in [-0.4, -0.2) is 48.5 Å². The molecule has 2 aromatic rings. The topological polar surface area (TPSA) is 65.1 Å². The number of nitrogens with zero attached hydrogens (tertiary/aromatic N) is 1. The summed E-state index contributed by atoms with van der Waals surface area (Å²) in [4.78, 5) is 26.6. The summed E-state index contributed by atoms with van der Waals surface area (Å²) in [5, 5.41) is 0. The summed E-state index contributed by atoms with van der Waals surface area (Å²) in [5.74, 6) is 0.542. The third-order valence-electron chi connectivity index (χ3n) is 4.32. The number of esters is 1. The SMILES string of the molecule is COCCN1C(=O)/C(=C\c2ccc(OC(=O)/C=C/c3ccc(OC)cc3)cc2)SC1=S. The molecule has 160 valence electrons. The van der Waals surface area contributed by atoms with Gasteiger partial charge in [0.1, 0.15) is 15.8 Å². The van der Waals surface area contributed by atoms with Crippen LogP contribution in [-0.2, 0) is 14.3 Å². The Bertz CT molecular complexity index is 1010. The van der Waals surface area contributed by atoms with E-state index in [4.69, 9.17) is 26.4 Å². The Morgan fingerprint density at radius 2 is 1.68 bits per heavy atom. The fourth-order valence-electron chi connectivity index (χ4n) is 2.69. The van der Waals surface area contributed by atoms with Gasteiger partial charge in [-0.3, -0.25) is 9.69 Å². The second-order valence-corrected chi connectivity index (χ2v) is 8.10. The molecule has 0 saturated carbocycles. The number of hydrogen-bond donors (Lipinski definition) is 0. The van der Waals surface area contributed by atoms with Gasteiger partial charge in [-0.05, 0) is 47.5 Å². The summed E-state index contributed by atoms with van der Waals surface area (Å²) in [7, 11) is 3.18. The molecule has 0 radical (unpaired) electrons. The number of methoxy groups -OCH3 is 2. The van der Waals surface area contributed by atoms with E-state index in [9.17, 15) is 9.59 Å². The van der Waals surface area contributed by atoms with Crippen molar-refractivity contribution in [2.75, 3.05) is 27.4 Å². The molecule has 6 nitrogen and oxygen atoms in total. The zero-order chi connectivity index (χ0) is 22.2. The van der Waals surface area contributed by atoms with Gasteiger partial charge in [0.2, 0.25) is 0 Å². The van der Waals surface area contributed by atoms with Crippen LogP contribution in [0.1, 0.15) is 11.1 Å². The highest BCUT2D eigenvalue weighted by molar-refractivity contribution is 8.26. The van der Waals surface area contributed by atoms with Crippen molar-refractivity contribution in [2.24, 2.45) is 0 Å². The van der Waals surface area contributed by atoms with Crippen LogP contribution < -0.4 is 9.47 Å². The van der Waals surface area contributed by atoms with Crippen LogP contribution in [0.3, 0.4) is 0 Å². The Hall–Kier alpha value is -2.94. The molecule has 1 aliphatic rings. The zero-order valence-electron chi connectivity index (χ0n) is 17.1. The van der Waals surface area contributed by atoms with Gasteiger partial charge in [0.15, 0.2) is 0 Å². The highest BCUT2D eigenvalue weighted by Crippen LogP contribution is 2.32. The van der Waals surface area contributed by atoms with Crippen molar-refractivity contribution in [3.63, 3.8) is 0 Å². The standard InChI is InChI=1S/C23H21NO5S2/c1-27-14-13-24-22(26)20(31-23(24)30)15-17-5-10-19(11-6-17)29-21(25)12-7-16-3-8-18(28-2)9-4-16/h3-12,15H,13-14H2,1-2H3/b12-7+,20-15+. The van der Waals surface area contributed by atoms with Gasteiger partial charge in [-0.2, -0.15) is 0 Å². The van der Waals surface area contributed by atoms with Gasteiger partial charge >= 0.3 is 5.97 Å². The molecule has 0 N–H and O–H groups in total. The summed E-state index contributed by atoms with van der Waals surface area (Å²) in [5.41, 5.74) is 1.66. The van der Waals surface area contributed by atoms with Crippen LogP contribution in [0.2, 0.25) is 0 Å². The second-order valence-electron chi connectivity index (χ2n) is 6.42. The number of hydrogen-bond acceptors (Lipinski definition) is 7. The van der Waals surface area contributed by atoms with Gasteiger partial charge in [-0.25, -0.2) is 4.79 Å². The van der Waals surface area contributed by atoms with Crippen LogP contribution in [0.5, 0.6) is 11.5 Å². The van der Waals surface area contributed by atoms with E-state index < -0.39 is 5.97 Å². The number of thioether (sulfide) groups is 1. The Morgan fingerprint density at radius 3 is 2.32 bits per heavy atom. The molecule has 0 aliphatic carbocycles. The molecule has 1 heterocycles. The molecule has 1 saturated heterocycles. The second kappa shape index (κ2) is 10.9. The predicted molar refractivity (Wildman–Crippen MR) is 126 cm³/mol. The molecule has 8 heteroatoms. The smallest absolute Gasteiger partial charge is 0.336 e. The maximum atomic E-state index is 12.5. The Balaban J connectivity index is 1.59. The van der Waals surface area contributed by atoms with E-state index in [1.165, 1.54) is 22.7 Å². The summed E-state index contributed by atoms with van der Waals surface area (Å²) in [6, 6.07) is 14.2. The lowest BCUT2D eigenvalue weighted by Crippen LogP contribution is -2.31. The van der Waals surface area contributed by atoms with E-state index in [1.54, 1.807) is 50.6 Å². The molecular formula is C23H21NO5S2. The quantitative estimate of drug-likeness (QED) is 0.256. The molecule has 2 aromatic carbocycles. The van der Waals surface area contributed by atoms with E-state index in [2.05, 4.69) is 0 Å². The van der Waals surface area contributed by atoms with Gasteiger partial charge in [-0.1, -0.05) is 48.2 Å². The van der Waals surface area contributed by atoms with Crippen LogP contribution in [0, 0.1) is 0 Å². The number of carbonyl (C=O) groups excluding carboxylic acids is 2. The van der Waals surface area contributed by atoms with Crippen molar-refractivity contribution in [1.29, 1.82) is 0 Å². The van der Waals surface area contributed by atoms with E-state index in [0.29, 0.717) is 28.1 Å². The van der Waals surface area contributed by atoms with E-state index in [0.717, 1.165) is 16.9 Å². The first-order chi connectivity index (χ1) is 15.0. The lowest BCUT2D eigenvalue weighted by molar-refractivity contribution is -0.129. The van der Waals surface area contributed by atoms with Gasteiger partial charge in [-0.15, -0.1) is 0 Å². The van der Waals surface area contributed by atoms with Crippen molar-refractivity contribution < 1.29 is 23.8 Å². The minimum absolute atomic E-state index is 0.133. The highest BCUT2D eigenvalue weighted by atomic mass is 32.2. The van der Waals surface area contributed by atoms with Crippen LogP contribution in [0.25, 0.3) is 12.2 Å². The fraction of sp³-hybridized carbons (Fsp3) is 0.174. The maximum Gasteiger partial charge on any atom is 0.336 e. The minimum Gasteiger partial charge on any atom is -0.497 e. The van der Waals surface area contributed by atoms with Crippen molar-refractivity contribution in [3.05, 3.63) is 70.6 Å². The number of benzene rings is 2. The van der Waals surface area contributed by atoms with Crippen molar-refractivity contribution >= 4 is 52.3 Å². The predicted octanol–water partition coefficient (Wildman–Crippen LogP) is 4.16. The molecule has 3 rings (SSSR count). The largest absolute Gasteiger partial charge is 0.497 e. The lowest BCUT2D eigenvalue weighted by Gasteiger charge is -2.12. The molecule has 31 heavy (non-hydrogen) atoms. The first-order valence-electron chi connectivity index (χ1n) is 9.38. The number of amides is 1. The maximum absolute atomic E-state index is 12.5. The van der Waals surface area contributed by atoms with Crippen LogP contribution in [0.15, 0.2) is 59.5 Å². The average molecular weight is 456 g/mol. The van der Waals surface area contributed by atoms with Gasteiger partial charge in [0, 0.05) is 13.2 Å². The number of ether oxygens (including phenoxy) is 3. The summed E-state index contributed by atoms with van der Waals surface area (Å²) >= 11 is 6.53. The number of carbonyl (C=O) groups is 2. The van der Waals surface area contributed by atoms with Gasteiger partial charge < -0.3 is 14.2 Å². The summed E-state index contributed by atoms with van der Waals surface area (Å²) < 4.78 is 16.0. The van der Waals surface area contributed by atoms with E-state index in [1.807, 2.05) is 24.3 Å². The fourth-order valence-corrected chi connectivity index (χ4v) is 4.00. The normalized spacial score (nSPS) is 15.2. The molecule has 1 fully saturated rings. The molecular weight excluding hydrogens is 434 g/mol. The molecule has 0 unspecified atom stereocenters. The van der Waals surface area contributed by atoms with Gasteiger partial charge in [0.25, 0.3) is 5.91 Å². The lowest BCUT2D eigenvalue weighted by atomic mass is 10.2. The average Bonchev–Trinajstić information content (AvgIpc) is 3.04. The first kappa shape index (κ1) is 22.7. The van der Waals surface area contributed by atoms with Crippen LogP contribution >= 0.6 is 24.0 Å². The van der Waals surface area contributed by atoms with Crippen LogP contribution in [0.4, 0.5) is 0 Å². The van der Waals surface area contributed by atoms with Crippen molar-refractivity contribution in [3.8, 4) is 11.5 Å². The zero-order valence-corrected chi connectivity index (χ0v) is 18.7. The summed E-state index contributed by atoms with van der Waals surface area (Å²) in [6.45, 7) is 0.851. The van der Waals surface area contributed by atoms with Crippen molar-refractivity contribution in [1.82, 2.24) is 4.90 Å². The Morgan fingerprint density at radius 1 is 1.03 bits per heavy atom. The van der Waals surface area contributed by atoms with E-state index in [-0.39, 0.29) is 5.91 Å². The molecule has 0 spiro atoms. The molecule has 0 atom stereocenters. The number of rotatable bonds is 8. The third-order valence-corrected chi connectivity index (χ3v) is 5.69. The Labute approximate surface area is 190 Å². The molecule has 1 aliphatic heterocycles. The first-order valence-corrected chi connectivity index (χ1v) is 10.6. The molecule has 0 bridgehead atoms. The van der Waals surface area contributed by atoms with Crippen molar-refractivity contribution in [2.45, 2.75) is 0 Å². The summed E-state index contributed by atoms with van der Waals surface area (Å²) in [6.07, 6.45) is 4.80.